The molecule has 2 heterocycles. The van der Waals surface area contributed by atoms with E-state index in [0.717, 1.165) is 28.4 Å². The molecule has 1 N–H and O–H groups in total. The molecule has 0 amide bonds. The number of aromatic nitrogens is 3. The normalized spacial score (nSPS) is 14.2. The van der Waals surface area contributed by atoms with Crippen LogP contribution in [0.5, 0.6) is 0 Å². The van der Waals surface area contributed by atoms with Gasteiger partial charge in [-0.2, -0.15) is 9.61 Å². The molecule has 0 saturated heterocycles. The molecule has 0 bridgehead atoms. The molecule has 2 aromatic carbocycles. The Morgan fingerprint density at radius 3 is 2.41 bits per heavy atom. The summed E-state index contributed by atoms with van der Waals surface area (Å²) < 4.78 is 25.2. The summed E-state index contributed by atoms with van der Waals surface area (Å²) in [5, 5.41) is 7.94. The minimum atomic E-state index is -3.22. The van der Waals surface area contributed by atoms with Crippen LogP contribution in [0.15, 0.2) is 71.8 Å². The first-order chi connectivity index (χ1) is 14.0. The predicted octanol–water partition coefficient (Wildman–Crippen LogP) is 4.42. The molecule has 0 unspecified atom stereocenters. The van der Waals surface area contributed by atoms with E-state index >= 15 is 0 Å². The summed E-state index contributed by atoms with van der Waals surface area (Å²) in [5.41, 5.74) is 4.74. The van der Waals surface area contributed by atoms with Gasteiger partial charge >= 0.3 is 0 Å². The highest BCUT2D eigenvalue weighted by molar-refractivity contribution is 7.90. The van der Waals surface area contributed by atoms with Gasteiger partial charge in [0.15, 0.2) is 15.5 Å². The van der Waals surface area contributed by atoms with Gasteiger partial charge in [-0.1, -0.05) is 30.3 Å². The van der Waals surface area contributed by atoms with Crippen molar-refractivity contribution in [2.24, 2.45) is 0 Å². The van der Waals surface area contributed by atoms with Crippen LogP contribution in [0.1, 0.15) is 24.3 Å². The Kier molecular flexibility index (Phi) is 4.13. The second-order valence-electron chi connectivity index (χ2n) is 7.42. The van der Waals surface area contributed by atoms with Gasteiger partial charge in [-0.25, -0.2) is 13.4 Å². The van der Waals surface area contributed by atoms with E-state index in [9.17, 15) is 8.42 Å². The molecule has 0 radical (unpaired) electrons. The number of fused-ring (bicyclic) bond motifs is 1. The molecule has 146 valence electrons. The van der Waals surface area contributed by atoms with Gasteiger partial charge < -0.3 is 5.32 Å². The largest absolute Gasteiger partial charge is 0.340 e. The molecule has 1 saturated carbocycles. The van der Waals surface area contributed by atoms with E-state index in [4.69, 9.17) is 4.98 Å². The van der Waals surface area contributed by atoms with Crippen molar-refractivity contribution in [1.29, 1.82) is 0 Å². The van der Waals surface area contributed by atoms with E-state index < -0.39 is 9.84 Å². The lowest BCUT2D eigenvalue weighted by Gasteiger charge is -2.12. The van der Waals surface area contributed by atoms with Crippen LogP contribution < -0.4 is 5.32 Å². The van der Waals surface area contributed by atoms with E-state index in [1.807, 2.05) is 47.1 Å². The standard InChI is InChI=1S/C22H20N4O2S/c1-29(27,28)18-11-9-17(10-12-18)24-21-13-20(16-5-3-2-4-6-16)25-22-19(15-7-8-15)14-23-26(21)22/h2-6,9-15,24H,7-8H2,1H3. The number of rotatable bonds is 5. The first-order valence-corrected chi connectivity index (χ1v) is 11.4. The van der Waals surface area contributed by atoms with Crippen LogP contribution in [0.25, 0.3) is 16.9 Å². The lowest BCUT2D eigenvalue weighted by atomic mass is 10.1. The van der Waals surface area contributed by atoms with Gasteiger partial charge in [0, 0.05) is 29.1 Å². The Hall–Kier alpha value is -3.19. The van der Waals surface area contributed by atoms with E-state index in [1.54, 1.807) is 24.3 Å². The lowest BCUT2D eigenvalue weighted by molar-refractivity contribution is 0.602. The minimum Gasteiger partial charge on any atom is -0.340 e. The molecule has 7 heteroatoms. The summed E-state index contributed by atoms with van der Waals surface area (Å²) in [6.07, 6.45) is 5.46. The van der Waals surface area contributed by atoms with Gasteiger partial charge in [-0.05, 0) is 43.0 Å². The summed E-state index contributed by atoms with van der Waals surface area (Å²) in [4.78, 5) is 5.19. The molecular weight excluding hydrogens is 384 g/mol. The second kappa shape index (κ2) is 6.70. The van der Waals surface area contributed by atoms with Crippen LogP contribution in [0.3, 0.4) is 0 Å². The molecular formula is C22H20N4O2S. The molecule has 0 aliphatic heterocycles. The fraction of sp³-hybridized carbons (Fsp3) is 0.182. The summed E-state index contributed by atoms with van der Waals surface area (Å²) in [5.74, 6) is 1.32. The highest BCUT2D eigenvalue weighted by Crippen LogP contribution is 2.42. The Bertz CT molecular complexity index is 1290. The Balaban J connectivity index is 1.60. The van der Waals surface area contributed by atoms with Gasteiger partial charge in [0.25, 0.3) is 0 Å². The third-order valence-corrected chi connectivity index (χ3v) is 6.27. The molecule has 4 aromatic rings. The van der Waals surface area contributed by atoms with Gasteiger partial charge in [0.2, 0.25) is 0 Å². The quantitative estimate of drug-likeness (QED) is 0.533. The lowest BCUT2D eigenvalue weighted by Crippen LogP contribution is -2.03. The van der Waals surface area contributed by atoms with Crippen LogP contribution in [-0.2, 0) is 9.84 Å². The van der Waals surface area contributed by atoms with Gasteiger partial charge in [-0.3, -0.25) is 0 Å². The molecule has 0 atom stereocenters. The number of nitrogens with one attached hydrogen (secondary N) is 1. The van der Waals surface area contributed by atoms with Crippen molar-refractivity contribution in [2.45, 2.75) is 23.7 Å². The Morgan fingerprint density at radius 1 is 1.03 bits per heavy atom. The fourth-order valence-electron chi connectivity index (χ4n) is 3.44. The van der Waals surface area contributed by atoms with Crippen molar-refractivity contribution < 1.29 is 8.42 Å². The zero-order valence-corrected chi connectivity index (χ0v) is 16.7. The maximum atomic E-state index is 11.7. The topological polar surface area (TPSA) is 76.4 Å². The van der Waals surface area contributed by atoms with Crippen molar-refractivity contribution in [1.82, 2.24) is 14.6 Å². The molecule has 2 aromatic heterocycles. The van der Waals surface area contributed by atoms with Gasteiger partial charge in [0.1, 0.15) is 5.82 Å². The maximum absolute atomic E-state index is 11.7. The SMILES string of the molecule is CS(=O)(=O)c1ccc(Nc2cc(-c3ccccc3)nc3c(C4CC4)cnn23)cc1. The van der Waals surface area contributed by atoms with E-state index in [0.29, 0.717) is 10.8 Å². The third-order valence-electron chi connectivity index (χ3n) is 5.14. The molecule has 1 fully saturated rings. The van der Waals surface area contributed by atoms with E-state index in [1.165, 1.54) is 24.7 Å². The van der Waals surface area contributed by atoms with Gasteiger partial charge in [-0.15, -0.1) is 0 Å². The fourth-order valence-corrected chi connectivity index (χ4v) is 4.07. The number of sulfone groups is 1. The van der Waals surface area contributed by atoms with E-state index in [2.05, 4.69) is 10.4 Å². The van der Waals surface area contributed by atoms with Crippen molar-refractivity contribution in [3.63, 3.8) is 0 Å². The summed E-state index contributed by atoms with van der Waals surface area (Å²) in [6, 6.07) is 18.8. The molecule has 1 aliphatic rings. The Morgan fingerprint density at radius 2 is 1.76 bits per heavy atom. The number of nitrogens with zero attached hydrogens (tertiary/aromatic N) is 3. The molecule has 6 nitrogen and oxygen atoms in total. The van der Waals surface area contributed by atoms with Crippen LogP contribution in [0.2, 0.25) is 0 Å². The van der Waals surface area contributed by atoms with Crippen molar-refractivity contribution in [3.05, 3.63) is 72.4 Å². The number of benzene rings is 2. The zero-order valence-electron chi connectivity index (χ0n) is 15.9. The molecule has 1 aliphatic carbocycles. The van der Waals surface area contributed by atoms with Crippen LogP contribution in [0, 0.1) is 0 Å². The van der Waals surface area contributed by atoms with Crippen molar-refractivity contribution >= 4 is 27.0 Å². The van der Waals surface area contributed by atoms with Gasteiger partial charge in [0.05, 0.1) is 16.8 Å². The minimum absolute atomic E-state index is 0.294. The number of hydrogen-bond donors (Lipinski definition) is 1. The van der Waals surface area contributed by atoms with Crippen LogP contribution in [-0.4, -0.2) is 29.3 Å². The summed E-state index contributed by atoms with van der Waals surface area (Å²) >= 11 is 0. The maximum Gasteiger partial charge on any atom is 0.175 e. The predicted molar refractivity (Wildman–Crippen MR) is 113 cm³/mol. The number of hydrogen-bond acceptors (Lipinski definition) is 5. The van der Waals surface area contributed by atoms with Crippen LogP contribution in [0.4, 0.5) is 11.5 Å². The van der Waals surface area contributed by atoms with E-state index in [-0.39, 0.29) is 0 Å². The monoisotopic (exact) mass is 404 g/mol. The van der Waals surface area contributed by atoms with Crippen LogP contribution >= 0.6 is 0 Å². The molecule has 29 heavy (non-hydrogen) atoms. The summed E-state index contributed by atoms with van der Waals surface area (Å²) in [7, 11) is -3.22. The van der Waals surface area contributed by atoms with Crippen molar-refractivity contribution in [2.75, 3.05) is 11.6 Å². The Labute approximate surface area is 169 Å². The van der Waals surface area contributed by atoms with Crippen molar-refractivity contribution in [3.8, 4) is 11.3 Å². The zero-order chi connectivity index (χ0) is 20.0. The smallest absolute Gasteiger partial charge is 0.175 e. The average Bonchev–Trinajstić information content (AvgIpc) is 3.47. The highest BCUT2D eigenvalue weighted by Gasteiger charge is 2.28. The highest BCUT2D eigenvalue weighted by atomic mass is 32.2. The second-order valence-corrected chi connectivity index (χ2v) is 9.44. The third kappa shape index (κ3) is 3.49. The first kappa shape index (κ1) is 17.9. The first-order valence-electron chi connectivity index (χ1n) is 9.50. The number of anilines is 2. The molecule has 0 spiro atoms. The summed E-state index contributed by atoms with van der Waals surface area (Å²) in [6.45, 7) is 0. The molecule has 5 rings (SSSR count). The average molecular weight is 404 g/mol.